The summed E-state index contributed by atoms with van der Waals surface area (Å²) >= 11 is 0. The Morgan fingerprint density at radius 1 is 1.12 bits per heavy atom. The SMILES string of the molecule is O=c1[nH]c(C2CCCCC2)nc2nccnc12. The molecule has 0 spiro atoms. The average molecular weight is 230 g/mol. The van der Waals surface area contributed by atoms with E-state index in [4.69, 9.17) is 0 Å². The van der Waals surface area contributed by atoms with Crippen LogP contribution in [0.5, 0.6) is 0 Å². The monoisotopic (exact) mass is 230 g/mol. The van der Waals surface area contributed by atoms with E-state index in [1.807, 2.05) is 0 Å². The molecule has 1 aliphatic rings. The van der Waals surface area contributed by atoms with Gasteiger partial charge in [-0.3, -0.25) is 4.79 Å². The lowest BCUT2D eigenvalue weighted by Crippen LogP contribution is -2.17. The summed E-state index contributed by atoms with van der Waals surface area (Å²) in [7, 11) is 0. The Bertz CT molecular complexity index is 586. The summed E-state index contributed by atoms with van der Waals surface area (Å²) in [5.74, 6) is 1.16. The molecule has 2 heterocycles. The molecule has 0 aliphatic heterocycles. The minimum atomic E-state index is -0.177. The molecule has 5 heteroatoms. The second-order valence-electron chi connectivity index (χ2n) is 4.51. The van der Waals surface area contributed by atoms with Crippen LogP contribution in [-0.4, -0.2) is 19.9 Å². The Morgan fingerprint density at radius 3 is 2.71 bits per heavy atom. The van der Waals surface area contributed by atoms with E-state index in [1.54, 1.807) is 6.20 Å². The van der Waals surface area contributed by atoms with Gasteiger partial charge in [0.25, 0.3) is 5.56 Å². The molecular weight excluding hydrogens is 216 g/mol. The fourth-order valence-corrected chi connectivity index (χ4v) is 2.46. The van der Waals surface area contributed by atoms with Crippen molar-refractivity contribution < 1.29 is 0 Å². The number of aromatic amines is 1. The van der Waals surface area contributed by atoms with Gasteiger partial charge < -0.3 is 4.98 Å². The summed E-state index contributed by atoms with van der Waals surface area (Å²) in [4.78, 5) is 27.2. The molecule has 0 bridgehead atoms. The maximum Gasteiger partial charge on any atom is 0.279 e. The molecule has 1 saturated carbocycles. The lowest BCUT2D eigenvalue weighted by Gasteiger charge is -2.20. The third kappa shape index (κ3) is 1.92. The van der Waals surface area contributed by atoms with E-state index in [0.29, 0.717) is 17.1 Å². The molecular formula is C12H14N4O. The summed E-state index contributed by atoms with van der Waals surface area (Å²) in [6.45, 7) is 0. The zero-order chi connectivity index (χ0) is 11.7. The summed E-state index contributed by atoms with van der Waals surface area (Å²) in [6.07, 6.45) is 9.01. The van der Waals surface area contributed by atoms with Crippen LogP contribution >= 0.6 is 0 Å². The fourth-order valence-electron chi connectivity index (χ4n) is 2.46. The fraction of sp³-hybridized carbons (Fsp3) is 0.500. The first-order valence-corrected chi connectivity index (χ1v) is 6.05. The van der Waals surface area contributed by atoms with Crippen molar-refractivity contribution in [2.75, 3.05) is 0 Å². The van der Waals surface area contributed by atoms with Gasteiger partial charge in [0.1, 0.15) is 5.82 Å². The highest BCUT2D eigenvalue weighted by Crippen LogP contribution is 2.30. The van der Waals surface area contributed by atoms with E-state index in [9.17, 15) is 4.79 Å². The molecule has 1 N–H and O–H groups in total. The number of hydrogen-bond acceptors (Lipinski definition) is 4. The highest BCUT2D eigenvalue weighted by atomic mass is 16.1. The molecule has 0 amide bonds. The Labute approximate surface area is 98.3 Å². The number of rotatable bonds is 1. The largest absolute Gasteiger partial charge is 0.308 e. The number of nitrogens with one attached hydrogen (secondary N) is 1. The molecule has 0 aromatic carbocycles. The molecule has 2 aromatic rings. The van der Waals surface area contributed by atoms with Crippen LogP contribution in [0.15, 0.2) is 17.2 Å². The van der Waals surface area contributed by atoms with Crippen LogP contribution in [0.4, 0.5) is 0 Å². The summed E-state index contributed by atoms with van der Waals surface area (Å²) in [5.41, 5.74) is 0.604. The van der Waals surface area contributed by atoms with Gasteiger partial charge in [-0.25, -0.2) is 15.0 Å². The van der Waals surface area contributed by atoms with E-state index >= 15 is 0 Å². The maximum atomic E-state index is 11.8. The average Bonchev–Trinajstić information content (AvgIpc) is 2.40. The highest BCUT2D eigenvalue weighted by molar-refractivity contribution is 5.67. The second-order valence-corrected chi connectivity index (χ2v) is 4.51. The van der Waals surface area contributed by atoms with Crippen LogP contribution in [0.1, 0.15) is 43.8 Å². The van der Waals surface area contributed by atoms with Crippen LogP contribution in [0.3, 0.4) is 0 Å². The van der Waals surface area contributed by atoms with Gasteiger partial charge in [0.15, 0.2) is 11.2 Å². The molecule has 17 heavy (non-hydrogen) atoms. The summed E-state index contributed by atoms with van der Waals surface area (Å²) in [6, 6.07) is 0. The molecule has 0 atom stereocenters. The van der Waals surface area contributed by atoms with Crippen LogP contribution in [0.2, 0.25) is 0 Å². The minimum Gasteiger partial charge on any atom is -0.308 e. The van der Waals surface area contributed by atoms with Crippen molar-refractivity contribution in [1.82, 2.24) is 19.9 Å². The molecule has 0 radical (unpaired) electrons. The van der Waals surface area contributed by atoms with Gasteiger partial charge in [-0.1, -0.05) is 19.3 Å². The van der Waals surface area contributed by atoms with Crippen molar-refractivity contribution in [3.05, 3.63) is 28.6 Å². The third-order valence-corrected chi connectivity index (χ3v) is 3.35. The topological polar surface area (TPSA) is 71.5 Å². The normalized spacial score (nSPS) is 17.4. The van der Waals surface area contributed by atoms with Gasteiger partial charge in [-0.15, -0.1) is 0 Å². The van der Waals surface area contributed by atoms with Crippen LogP contribution in [0.25, 0.3) is 11.2 Å². The third-order valence-electron chi connectivity index (χ3n) is 3.35. The smallest absolute Gasteiger partial charge is 0.279 e. The Hall–Kier alpha value is -1.78. The highest BCUT2D eigenvalue weighted by Gasteiger charge is 2.18. The van der Waals surface area contributed by atoms with E-state index in [2.05, 4.69) is 19.9 Å². The quantitative estimate of drug-likeness (QED) is 0.810. The number of fused-ring (bicyclic) bond motifs is 1. The Kier molecular flexibility index (Phi) is 2.59. The predicted molar refractivity (Wildman–Crippen MR) is 63.8 cm³/mol. The van der Waals surface area contributed by atoms with Crippen LogP contribution in [-0.2, 0) is 0 Å². The van der Waals surface area contributed by atoms with E-state index in [-0.39, 0.29) is 5.56 Å². The summed E-state index contributed by atoms with van der Waals surface area (Å²) < 4.78 is 0. The lowest BCUT2D eigenvalue weighted by molar-refractivity contribution is 0.428. The van der Waals surface area contributed by atoms with Gasteiger partial charge in [-0.05, 0) is 12.8 Å². The van der Waals surface area contributed by atoms with Crippen molar-refractivity contribution >= 4 is 11.2 Å². The molecule has 1 fully saturated rings. The van der Waals surface area contributed by atoms with Crippen molar-refractivity contribution in [1.29, 1.82) is 0 Å². The van der Waals surface area contributed by atoms with Crippen LogP contribution in [0, 0.1) is 0 Å². The molecule has 5 nitrogen and oxygen atoms in total. The zero-order valence-corrected chi connectivity index (χ0v) is 9.52. The number of H-pyrrole nitrogens is 1. The Morgan fingerprint density at radius 2 is 1.88 bits per heavy atom. The molecule has 2 aromatic heterocycles. The molecule has 3 rings (SSSR count). The zero-order valence-electron chi connectivity index (χ0n) is 9.52. The van der Waals surface area contributed by atoms with Gasteiger partial charge in [-0.2, -0.15) is 0 Å². The van der Waals surface area contributed by atoms with Gasteiger partial charge in [0.05, 0.1) is 0 Å². The predicted octanol–water partition coefficient (Wildman–Crippen LogP) is 1.76. The molecule has 0 saturated heterocycles. The first-order chi connectivity index (χ1) is 8.34. The molecule has 0 unspecified atom stereocenters. The van der Waals surface area contributed by atoms with Crippen molar-refractivity contribution in [3.8, 4) is 0 Å². The Balaban J connectivity index is 2.08. The second kappa shape index (κ2) is 4.24. The van der Waals surface area contributed by atoms with Crippen molar-refractivity contribution in [2.24, 2.45) is 0 Å². The van der Waals surface area contributed by atoms with E-state index in [0.717, 1.165) is 18.7 Å². The minimum absolute atomic E-state index is 0.177. The summed E-state index contributed by atoms with van der Waals surface area (Å²) in [5, 5.41) is 0. The molecule has 1 aliphatic carbocycles. The van der Waals surface area contributed by atoms with Gasteiger partial charge in [0, 0.05) is 18.3 Å². The standard InChI is InChI=1S/C12H14N4O/c17-12-9-11(14-7-6-13-9)15-10(16-12)8-4-2-1-3-5-8/h6-8H,1-5H2,(H,14,15,16,17). The van der Waals surface area contributed by atoms with Crippen LogP contribution < -0.4 is 5.56 Å². The molecule has 88 valence electrons. The number of nitrogens with zero attached hydrogens (tertiary/aromatic N) is 3. The maximum absolute atomic E-state index is 11.8. The van der Waals surface area contributed by atoms with E-state index < -0.39 is 0 Å². The first kappa shape index (κ1) is 10.4. The number of aromatic nitrogens is 4. The number of hydrogen-bond donors (Lipinski definition) is 1. The lowest BCUT2D eigenvalue weighted by atomic mass is 9.89. The van der Waals surface area contributed by atoms with Crippen molar-refractivity contribution in [2.45, 2.75) is 38.0 Å². The van der Waals surface area contributed by atoms with Gasteiger partial charge in [0.2, 0.25) is 0 Å². The first-order valence-electron chi connectivity index (χ1n) is 6.05. The van der Waals surface area contributed by atoms with Gasteiger partial charge >= 0.3 is 0 Å². The van der Waals surface area contributed by atoms with E-state index in [1.165, 1.54) is 25.5 Å². The van der Waals surface area contributed by atoms with Crippen molar-refractivity contribution in [3.63, 3.8) is 0 Å².